The zero-order valence-electron chi connectivity index (χ0n) is 26.6. The van der Waals surface area contributed by atoms with Crippen LogP contribution in [0.5, 0.6) is 11.5 Å². The first-order valence-corrected chi connectivity index (χ1v) is 17.3. The molecule has 6 nitrogen and oxygen atoms in total. The molecule has 2 fully saturated rings. The van der Waals surface area contributed by atoms with Crippen molar-refractivity contribution in [3.63, 3.8) is 0 Å². The molecule has 2 aromatic carbocycles. The summed E-state index contributed by atoms with van der Waals surface area (Å²) in [5.41, 5.74) is 2.44. The predicted octanol–water partition coefficient (Wildman–Crippen LogP) is 9.20. The van der Waals surface area contributed by atoms with Crippen molar-refractivity contribution in [1.82, 2.24) is 10.3 Å². The Bertz CT molecular complexity index is 1660. The summed E-state index contributed by atoms with van der Waals surface area (Å²) in [5.74, 6) is 1.10. The van der Waals surface area contributed by atoms with Crippen molar-refractivity contribution >= 4 is 34.0 Å². The van der Waals surface area contributed by atoms with Crippen LogP contribution in [0, 0.1) is 5.92 Å². The number of rotatable bonds is 10. The average Bonchev–Trinajstić information content (AvgIpc) is 3.80. The summed E-state index contributed by atoms with van der Waals surface area (Å²) in [4.78, 5) is 33.0. The molecule has 2 aromatic heterocycles. The standard InChI is InChI=1S/C38H44N2O4S/c1-38(2,3)27-13-16-28(17-14-27)44-29-15-12-26-21-33(39-32(31(26)22-29)20-24-8-4-5-9-24)36(41)40-34(37(42)43)23-30-18-19-35(45-30)25-10-6-7-11-25/h12-19,21-22,24-25,34H,4-11,20,23H2,1-3H3,(H,40,41)(H,42,43)/t34-/m0/s1. The largest absolute Gasteiger partial charge is 0.480 e. The van der Waals surface area contributed by atoms with Gasteiger partial charge in [-0.05, 0) is 89.9 Å². The summed E-state index contributed by atoms with van der Waals surface area (Å²) >= 11 is 1.68. The van der Waals surface area contributed by atoms with Crippen molar-refractivity contribution in [1.29, 1.82) is 0 Å². The Morgan fingerprint density at radius 1 is 0.933 bits per heavy atom. The van der Waals surface area contributed by atoms with Crippen LogP contribution in [0.2, 0.25) is 0 Å². The van der Waals surface area contributed by atoms with E-state index in [-0.39, 0.29) is 17.5 Å². The van der Waals surface area contributed by atoms with Gasteiger partial charge in [0.25, 0.3) is 5.91 Å². The van der Waals surface area contributed by atoms with Gasteiger partial charge in [0, 0.05) is 27.3 Å². The normalized spacial score (nSPS) is 16.7. The summed E-state index contributed by atoms with van der Waals surface area (Å²) in [7, 11) is 0. The Balaban J connectivity index is 1.23. The molecule has 0 bridgehead atoms. The lowest BCUT2D eigenvalue weighted by Crippen LogP contribution is -2.42. The molecule has 6 rings (SSSR count). The fourth-order valence-electron chi connectivity index (χ4n) is 6.85. The van der Waals surface area contributed by atoms with E-state index in [4.69, 9.17) is 9.72 Å². The Hall–Kier alpha value is -3.71. The number of aromatic nitrogens is 1. The molecular formula is C38H44N2O4S. The molecule has 45 heavy (non-hydrogen) atoms. The number of benzene rings is 2. The van der Waals surface area contributed by atoms with E-state index >= 15 is 0 Å². The number of fused-ring (bicyclic) bond motifs is 1. The third kappa shape index (κ3) is 7.58. The van der Waals surface area contributed by atoms with Crippen LogP contribution >= 0.6 is 11.3 Å². The molecule has 0 saturated heterocycles. The van der Waals surface area contributed by atoms with Crippen LogP contribution in [-0.2, 0) is 23.1 Å². The maximum absolute atomic E-state index is 13.5. The van der Waals surface area contributed by atoms with Crippen molar-refractivity contribution < 1.29 is 19.4 Å². The highest BCUT2D eigenvalue weighted by Crippen LogP contribution is 2.38. The molecule has 0 unspecified atom stereocenters. The van der Waals surface area contributed by atoms with Crippen molar-refractivity contribution in [3.8, 4) is 11.5 Å². The van der Waals surface area contributed by atoms with Gasteiger partial charge >= 0.3 is 5.97 Å². The zero-order chi connectivity index (χ0) is 31.6. The number of aliphatic carboxylic acids is 1. The van der Waals surface area contributed by atoms with E-state index in [9.17, 15) is 14.7 Å². The lowest BCUT2D eigenvalue weighted by molar-refractivity contribution is -0.139. The van der Waals surface area contributed by atoms with Gasteiger partial charge in [-0.2, -0.15) is 0 Å². The highest BCUT2D eigenvalue weighted by molar-refractivity contribution is 7.12. The van der Waals surface area contributed by atoms with Crippen molar-refractivity contribution in [2.24, 2.45) is 5.92 Å². The highest BCUT2D eigenvalue weighted by Gasteiger charge is 2.26. The number of carbonyl (C=O) groups excluding carboxylic acids is 1. The number of nitrogens with one attached hydrogen (secondary N) is 1. The molecule has 236 valence electrons. The van der Waals surface area contributed by atoms with E-state index in [0.717, 1.165) is 52.1 Å². The number of carbonyl (C=O) groups is 2. The van der Waals surface area contributed by atoms with Gasteiger partial charge < -0.3 is 15.2 Å². The first kappa shape index (κ1) is 31.3. The van der Waals surface area contributed by atoms with E-state index in [1.54, 1.807) is 17.4 Å². The van der Waals surface area contributed by atoms with Crippen molar-refractivity contribution in [2.45, 2.75) is 102 Å². The van der Waals surface area contributed by atoms with Crippen LogP contribution in [0.15, 0.2) is 60.7 Å². The predicted molar refractivity (Wildman–Crippen MR) is 181 cm³/mol. The number of carboxylic acid groups (broad SMARTS) is 1. The first-order valence-electron chi connectivity index (χ1n) is 16.5. The van der Waals surface area contributed by atoms with E-state index in [1.807, 2.05) is 36.4 Å². The first-order chi connectivity index (χ1) is 21.6. The Morgan fingerprint density at radius 3 is 2.31 bits per heavy atom. The summed E-state index contributed by atoms with van der Waals surface area (Å²) in [6.45, 7) is 6.58. The second kappa shape index (κ2) is 13.3. The Labute approximate surface area is 270 Å². The van der Waals surface area contributed by atoms with Crippen LogP contribution in [0.25, 0.3) is 10.8 Å². The summed E-state index contributed by atoms with van der Waals surface area (Å²) in [5, 5.41) is 14.7. The van der Waals surface area contributed by atoms with Crippen LogP contribution in [0.3, 0.4) is 0 Å². The van der Waals surface area contributed by atoms with Gasteiger partial charge in [-0.15, -0.1) is 11.3 Å². The van der Waals surface area contributed by atoms with Gasteiger partial charge in [-0.1, -0.05) is 77.5 Å². The van der Waals surface area contributed by atoms with E-state index in [2.05, 4.69) is 44.3 Å². The topological polar surface area (TPSA) is 88.5 Å². The fourth-order valence-corrected chi connectivity index (χ4v) is 8.07. The molecule has 2 aliphatic carbocycles. The molecular weight excluding hydrogens is 580 g/mol. The molecule has 0 spiro atoms. The van der Waals surface area contributed by atoms with Crippen LogP contribution in [-0.4, -0.2) is 28.0 Å². The Kier molecular flexibility index (Phi) is 9.27. The number of thiophene rings is 1. The van der Waals surface area contributed by atoms with Gasteiger partial charge in [-0.25, -0.2) is 9.78 Å². The minimum absolute atomic E-state index is 0.0687. The molecule has 1 amide bonds. The van der Waals surface area contributed by atoms with E-state index in [0.29, 0.717) is 11.8 Å². The SMILES string of the molecule is CC(C)(C)c1ccc(Oc2ccc3cc(C(=O)N[C@@H](Cc4ccc(C5CCCC5)s4)C(=O)O)nc(CC4CCCC4)c3c2)cc1. The number of pyridine rings is 1. The molecule has 2 aliphatic rings. The zero-order valence-corrected chi connectivity index (χ0v) is 27.4. The molecule has 2 heterocycles. The number of amides is 1. The molecule has 2 saturated carbocycles. The van der Waals surface area contributed by atoms with Gasteiger partial charge in [0.1, 0.15) is 23.2 Å². The second-order valence-corrected chi connectivity index (χ2v) is 15.1. The quantitative estimate of drug-likeness (QED) is 0.184. The lowest BCUT2D eigenvalue weighted by Gasteiger charge is -2.19. The van der Waals surface area contributed by atoms with Crippen molar-refractivity contribution in [3.05, 3.63) is 87.4 Å². The maximum atomic E-state index is 13.5. The number of nitrogens with zero attached hydrogens (tertiary/aromatic N) is 1. The van der Waals surface area contributed by atoms with Gasteiger partial charge in [0.15, 0.2) is 0 Å². The average molecular weight is 625 g/mol. The maximum Gasteiger partial charge on any atom is 0.326 e. The monoisotopic (exact) mass is 624 g/mol. The lowest BCUT2D eigenvalue weighted by atomic mass is 9.87. The van der Waals surface area contributed by atoms with Crippen LogP contribution in [0.1, 0.15) is 110 Å². The molecule has 1 atom stereocenters. The fraction of sp³-hybridized carbons (Fsp3) is 0.447. The van der Waals surface area contributed by atoms with E-state index in [1.165, 1.54) is 49.0 Å². The Morgan fingerprint density at radius 2 is 1.62 bits per heavy atom. The van der Waals surface area contributed by atoms with Crippen LogP contribution < -0.4 is 10.1 Å². The molecule has 0 aliphatic heterocycles. The molecule has 7 heteroatoms. The van der Waals surface area contributed by atoms with Crippen molar-refractivity contribution in [2.75, 3.05) is 0 Å². The number of carboxylic acids is 1. The van der Waals surface area contributed by atoms with Crippen LogP contribution in [0.4, 0.5) is 0 Å². The van der Waals surface area contributed by atoms with Gasteiger partial charge in [0.2, 0.25) is 0 Å². The summed E-state index contributed by atoms with van der Waals surface area (Å²) in [6.07, 6.45) is 10.7. The second-order valence-electron chi connectivity index (χ2n) is 13.9. The summed E-state index contributed by atoms with van der Waals surface area (Å²) < 4.78 is 6.26. The smallest absolute Gasteiger partial charge is 0.326 e. The third-order valence-electron chi connectivity index (χ3n) is 9.48. The van der Waals surface area contributed by atoms with Gasteiger partial charge in [0.05, 0.1) is 0 Å². The highest BCUT2D eigenvalue weighted by atomic mass is 32.1. The molecule has 0 radical (unpaired) electrons. The molecule has 2 N–H and O–H groups in total. The van der Waals surface area contributed by atoms with Gasteiger partial charge in [-0.3, -0.25) is 4.79 Å². The number of hydrogen-bond acceptors (Lipinski definition) is 5. The van der Waals surface area contributed by atoms with E-state index < -0.39 is 17.9 Å². The minimum Gasteiger partial charge on any atom is -0.480 e. The third-order valence-corrected chi connectivity index (χ3v) is 10.7. The number of ether oxygens (including phenoxy) is 1. The minimum atomic E-state index is -1.04. The molecule has 4 aromatic rings. The summed E-state index contributed by atoms with van der Waals surface area (Å²) in [6, 6.07) is 19.0. The number of hydrogen-bond donors (Lipinski definition) is 2.